The molecule has 2 unspecified atom stereocenters. The average Bonchev–Trinajstić information content (AvgIpc) is 2.51. The second kappa shape index (κ2) is 5.53. The van der Waals surface area contributed by atoms with Crippen molar-refractivity contribution in [2.75, 3.05) is 24.5 Å². The van der Waals surface area contributed by atoms with Gasteiger partial charge in [0.2, 0.25) is 0 Å². The molecule has 0 radical (unpaired) electrons. The molecular formula is C15H22N2O. The second-order valence-corrected chi connectivity index (χ2v) is 5.37. The van der Waals surface area contributed by atoms with Crippen LogP contribution in [0.2, 0.25) is 0 Å². The molecule has 0 saturated carbocycles. The fourth-order valence-electron chi connectivity index (χ4n) is 2.48. The number of anilines is 1. The summed E-state index contributed by atoms with van der Waals surface area (Å²) in [5.41, 5.74) is 2.00. The third-order valence-electron chi connectivity index (χ3n) is 3.58. The zero-order valence-electron chi connectivity index (χ0n) is 11.4. The number of hydrogen-bond acceptors (Lipinski definition) is 3. The Bertz CT molecular complexity index is 413. The Labute approximate surface area is 109 Å². The zero-order chi connectivity index (χ0) is 13.1. The van der Waals surface area contributed by atoms with E-state index in [-0.39, 0.29) is 5.78 Å². The first kappa shape index (κ1) is 13.1. The van der Waals surface area contributed by atoms with Crippen LogP contribution in [0.1, 0.15) is 31.1 Å². The van der Waals surface area contributed by atoms with Gasteiger partial charge in [-0.15, -0.1) is 0 Å². The van der Waals surface area contributed by atoms with Crippen LogP contribution in [0, 0.1) is 5.92 Å². The lowest BCUT2D eigenvalue weighted by Gasteiger charge is -2.30. The quantitative estimate of drug-likeness (QED) is 0.813. The molecule has 1 aromatic carbocycles. The third kappa shape index (κ3) is 2.91. The van der Waals surface area contributed by atoms with Crippen LogP contribution in [0.15, 0.2) is 24.3 Å². The van der Waals surface area contributed by atoms with Gasteiger partial charge in [0.25, 0.3) is 0 Å². The summed E-state index contributed by atoms with van der Waals surface area (Å²) < 4.78 is 0. The van der Waals surface area contributed by atoms with Gasteiger partial charge in [0.05, 0.1) is 0 Å². The largest absolute Gasteiger partial charge is 0.367 e. The highest BCUT2D eigenvalue weighted by molar-refractivity contribution is 5.94. The van der Waals surface area contributed by atoms with Crippen LogP contribution in [0.25, 0.3) is 0 Å². The molecule has 3 heteroatoms. The van der Waals surface area contributed by atoms with E-state index < -0.39 is 0 Å². The molecule has 1 fully saturated rings. The summed E-state index contributed by atoms with van der Waals surface area (Å²) in [5, 5.41) is 3.48. The minimum atomic E-state index is 0.125. The molecule has 1 aliphatic rings. The van der Waals surface area contributed by atoms with Gasteiger partial charge in [-0.05, 0) is 50.6 Å². The zero-order valence-corrected chi connectivity index (χ0v) is 11.4. The fourth-order valence-corrected chi connectivity index (χ4v) is 2.48. The number of hydrogen-bond donors (Lipinski definition) is 1. The van der Waals surface area contributed by atoms with E-state index in [9.17, 15) is 4.79 Å². The molecule has 0 amide bonds. The first-order chi connectivity index (χ1) is 8.58. The molecule has 98 valence electrons. The summed E-state index contributed by atoms with van der Waals surface area (Å²) in [5.74, 6) is 0.767. The van der Waals surface area contributed by atoms with Crippen LogP contribution in [0.3, 0.4) is 0 Å². The molecule has 2 rings (SSSR count). The molecule has 1 aromatic rings. The minimum absolute atomic E-state index is 0.125. The van der Waals surface area contributed by atoms with Gasteiger partial charge in [0.1, 0.15) is 0 Å². The van der Waals surface area contributed by atoms with Gasteiger partial charge < -0.3 is 10.2 Å². The number of nitrogens with zero attached hydrogens (tertiary/aromatic N) is 1. The smallest absolute Gasteiger partial charge is 0.159 e. The molecule has 3 nitrogen and oxygen atoms in total. The van der Waals surface area contributed by atoms with E-state index >= 15 is 0 Å². The third-order valence-corrected chi connectivity index (χ3v) is 3.58. The highest BCUT2D eigenvalue weighted by atomic mass is 16.1. The monoisotopic (exact) mass is 246 g/mol. The number of carbonyl (C=O) groups is 1. The van der Waals surface area contributed by atoms with E-state index in [1.807, 2.05) is 12.1 Å². The molecule has 18 heavy (non-hydrogen) atoms. The Kier molecular flexibility index (Phi) is 4.02. The maximum absolute atomic E-state index is 11.3. The highest BCUT2D eigenvalue weighted by Gasteiger charge is 2.20. The van der Waals surface area contributed by atoms with E-state index in [0.717, 1.165) is 25.2 Å². The number of benzene rings is 1. The van der Waals surface area contributed by atoms with Crippen LogP contribution >= 0.6 is 0 Å². The topological polar surface area (TPSA) is 32.3 Å². The van der Waals surface area contributed by atoms with E-state index in [2.05, 4.69) is 36.2 Å². The average molecular weight is 246 g/mol. The summed E-state index contributed by atoms with van der Waals surface area (Å²) in [4.78, 5) is 13.7. The van der Waals surface area contributed by atoms with Crippen molar-refractivity contribution in [2.45, 2.75) is 26.8 Å². The summed E-state index contributed by atoms with van der Waals surface area (Å²) >= 11 is 0. The second-order valence-electron chi connectivity index (χ2n) is 5.37. The molecule has 1 N–H and O–H groups in total. The Morgan fingerprint density at radius 3 is 2.50 bits per heavy atom. The van der Waals surface area contributed by atoms with Gasteiger partial charge in [-0.2, -0.15) is 0 Å². The molecule has 0 aliphatic carbocycles. The summed E-state index contributed by atoms with van der Waals surface area (Å²) in [7, 11) is 0. The van der Waals surface area contributed by atoms with Gasteiger partial charge in [-0.1, -0.05) is 6.92 Å². The minimum Gasteiger partial charge on any atom is -0.367 e. The van der Waals surface area contributed by atoms with E-state index in [1.165, 1.54) is 5.69 Å². The van der Waals surface area contributed by atoms with Crippen molar-refractivity contribution >= 4 is 11.5 Å². The Balaban J connectivity index is 2.20. The molecule has 0 spiro atoms. The van der Waals surface area contributed by atoms with Gasteiger partial charge in [0.15, 0.2) is 5.78 Å². The predicted molar refractivity (Wildman–Crippen MR) is 75.3 cm³/mol. The molecule has 1 aliphatic heterocycles. The number of nitrogens with one attached hydrogen (secondary N) is 1. The summed E-state index contributed by atoms with van der Waals surface area (Å²) in [6, 6.07) is 8.45. The Morgan fingerprint density at radius 1 is 1.22 bits per heavy atom. The van der Waals surface area contributed by atoms with E-state index in [1.54, 1.807) is 6.92 Å². The number of rotatable bonds is 2. The first-order valence-corrected chi connectivity index (χ1v) is 6.66. The number of ketones is 1. The van der Waals surface area contributed by atoms with Crippen LogP contribution < -0.4 is 10.2 Å². The molecule has 2 atom stereocenters. The standard InChI is InChI=1S/C15H22N2O/c1-11-8-16-9-12(2)17(10-11)15-6-4-14(5-7-15)13(3)18/h4-7,11-12,16H,8-10H2,1-3H3. The van der Waals surface area contributed by atoms with Gasteiger partial charge in [0, 0.05) is 30.4 Å². The number of carbonyl (C=O) groups excluding carboxylic acids is 1. The van der Waals surface area contributed by atoms with Crippen LogP contribution in [0.5, 0.6) is 0 Å². The van der Waals surface area contributed by atoms with Crippen LogP contribution in [0.4, 0.5) is 5.69 Å². The van der Waals surface area contributed by atoms with Crippen molar-refractivity contribution in [2.24, 2.45) is 5.92 Å². The summed E-state index contributed by atoms with van der Waals surface area (Å²) in [6.45, 7) is 9.26. The molecular weight excluding hydrogens is 224 g/mol. The van der Waals surface area contributed by atoms with Gasteiger partial charge >= 0.3 is 0 Å². The van der Waals surface area contributed by atoms with Gasteiger partial charge in [-0.3, -0.25) is 4.79 Å². The highest BCUT2D eigenvalue weighted by Crippen LogP contribution is 2.21. The Hall–Kier alpha value is -1.35. The van der Waals surface area contributed by atoms with Crippen molar-refractivity contribution < 1.29 is 4.79 Å². The van der Waals surface area contributed by atoms with Crippen molar-refractivity contribution in [1.82, 2.24) is 5.32 Å². The van der Waals surface area contributed by atoms with Gasteiger partial charge in [-0.25, -0.2) is 0 Å². The van der Waals surface area contributed by atoms with E-state index in [0.29, 0.717) is 12.0 Å². The molecule has 0 bridgehead atoms. The molecule has 1 saturated heterocycles. The van der Waals surface area contributed by atoms with E-state index in [4.69, 9.17) is 0 Å². The number of Topliss-reactive ketones (excluding diaryl/α,β-unsaturated/α-hetero) is 1. The summed E-state index contributed by atoms with van der Waals surface area (Å²) in [6.07, 6.45) is 0. The van der Waals surface area contributed by atoms with Crippen molar-refractivity contribution in [3.63, 3.8) is 0 Å². The molecule has 0 aromatic heterocycles. The normalized spacial score (nSPS) is 24.7. The fraction of sp³-hybridized carbons (Fsp3) is 0.533. The predicted octanol–water partition coefficient (Wildman–Crippen LogP) is 2.32. The van der Waals surface area contributed by atoms with Crippen molar-refractivity contribution in [1.29, 1.82) is 0 Å². The lowest BCUT2D eigenvalue weighted by molar-refractivity contribution is 0.101. The Morgan fingerprint density at radius 2 is 1.89 bits per heavy atom. The van der Waals surface area contributed by atoms with Crippen LogP contribution in [-0.4, -0.2) is 31.5 Å². The SMILES string of the molecule is CC(=O)c1ccc(N2CC(C)CNCC2C)cc1. The van der Waals surface area contributed by atoms with Crippen molar-refractivity contribution in [3.8, 4) is 0 Å². The van der Waals surface area contributed by atoms with Crippen molar-refractivity contribution in [3.05, 3.63) is 29.8 Å². The maximum Gasteiger partial charge on any atom is 0.159 e. The first-order valence-electron chi connectivity index (χ1n) is 6.66. The molecule has 1 heterocycles. The lowest BCUT2D eigenvalue weighted by atomic mass is 10.1. The lowest BCUT2D eigenvalue weighted by Crippen LogP contribution is -2.37. The van der Waals surface area contributed by atoms with Crippen LogP contribution in [-0.2, 0) is 0 Å². The maximum atomic E-state index is 11.3.